The van der Waals surface area contributed by atoms with Gasteiger partial charge in [0.15, 0.2) is 0 Å². The zero-order chi connectivity index (χ0) is 16.6. The molecule has 1 amide bonds. The molecule has 2 heterocycles. The van der Waals surface area contributed by atoms with E-state index < -0.39 is 15.8 Å². The van der Waals surface area contributed by atoms with Crippen molar-refractivity contribution in [1.82, 2.24) is 9.21 Å². The van der Waals surface area contributed by atoms with Crippen LogP contribution >= 0.6 is 0 Å². The highest BCUT2D eigenvalue weighted by atomic mass is 32.2. The van der Waals surface area contributed by atoms with Crippen LogP contribution in [0, 0.1) is 12.7 Å². The summed E-state index contributed by atoms with van der Waals surface area (Å²) < 4.78 is 39.4. The van der Waals surface area contributed by atoms with E-state index in [1.54, 1.807) is 22.2 Å². The van der Waals surface area contributed by atoms with E-state index >= 15 is 0 Å². The molecule has 2 saturated heterocycles. The zero-order valence-electron chi connectivity index (χ0n) is 13.2. The molecule has 1 unspecified atom stereocenters. The zero-order valence-corrected chi connectivity index (χ0v) is 14.0. The van der Waals surface area contributed by atoms with Crippen molar-refractivity contribution in [2.45, 2.75) is 32.2 Å². The lowest BCUT2D eigenvalue weighted by Crippen LogP contribution is -2.50. The van der Waals surface area contributed by atoms with E-state index in [-0.39, 0.29) is 17.7 Å². The number of rotatable bonds is 2. The van der Waals surface area contributed by atoms with Gasteiger partial charge in [-0.15, -0.1) is 0 Å². The van der Waals surface area contributed by atoms with Gasteiger partial charge in [0.05, 0.1) is 5.75 Å². The Hall–Kier alpha value is -1.47. The van der Waals surface area contributed by atoms with Gasteiger partial charge in [-0.25, -0.2) is 12.8 Å². The maximum absolute atomic E-state index is 13.7. The maximum atomic E-state index is 13.7. The Balaban J connectivity index is 1.78. The van der Waals surface area contributed by atoms with Gasteiger partial charge in [-0.05, 0) is 43.9 Å². The Bertz CT molecular complexity index is 720. The molecule has 0 aliphatic carbocycles. The number of carbonyl (C=O) groups excluding carboxylic acids is 1. The van der Waals surface area contributed by atoms with Gasteiger partial charge in [-0.2, -0.15) is 4.31 Å². The molecule has 23 heavy (non-hydrogen) atoms. The topological polar surface area (TPSA) is 57.7 Å². The van der Waals surface area contributed by atoms with Crippen LogP contribution in [0.15, 0.2) is 18.2 Å². The Morgan fingerprint density at radius 3 is 2.74 bits per heavy atom. The SMILES string of the molecule is Cc1c(F)cccc1C(=O)N1CCCC(N2CCCS2(=O)=O)C1. The van der Waals surface area contributed by atoms with Crippen LogP contribution in [-0.2, 0) is 10.0 Å². The molecule has 7 heteroatoms. The second-order valence-corrected chi connectivity index (χ2v) is 8.28. The summed E-state index contributed by atoms with van der Waals surface area (Å²) >= 11 is 0. The average molecular weight is 340 g/mol. The molecule has 0 radical (unpaired) electrons. The van der Waals surface area contributed by atoms with E-state index in [9.17, 15) is 17.6 Å². The number of likely N-dealkylation sites (tertiary alicyclic amines) is 1. The first-order valence-corrected chi connectivity index (χ1v) is 9.55. The first kappa shape index (κ1) is 16.4. The van der Waals surface area contributed by atoms with Crippen molar-refractivity contribution in [3.8, 4) is 0 Å². The molecule has 0 saturated carbocycles. The van der Waals surface area contributed by atoms with Crippen LogP contribution in [0.25, 0.3) is 0 Å². The van der Waals surface area contributed by atoms with Crippen LogP contribution < -0.4 is 0 Å². The van der Waals surface area contributed by atoms with Gasteiger partial charge < -0.3 is 4.90 Å². The molecule has 0 N–H and O–H groups in total. The number of hydrogen-bond acceptors (Lipinski definition) is 3. The molecule has 0 aromatic heterocycles. The minimum absolute atomic E-state index is 0.158. The lowest BCUT2D eigenvalue weighted by molar-refractivity contribution is 0.0657. The molecule has 5 nitrogen and oxygen atoms in total. The second-order valence-electron chi connectivity index (χ2n) is 6.24. The number of piperidine rings is 1. The van der Waals surface area contributed by atoms with Crippen LogP contribution in [0.2, 0.25) is 0 Å². The summed E-state index contributed by atoms with van der Waals surface area (Å²) in [5.74, 6) is -0.421. The van der Waals surface area contributed by atoms with Gasteiger partial charge in [-0.3, -0.25) is 4.79 Å². The molecule has 2 aliphatic heterocycles. The molecular formula is C16H21FN2O3S. The molecule has 2 aliphatic rings. The predicted molar refractivity (Wildman–Crippen MR) is 85.2 cm³/mol. The van der Waals surface area contributed by atoms with Crippen LogP contribution in [0.5, 0.6) is 0 Å². The van der Waals surface area contributed by atoms with Crippen molar-refractivity contribution in [3.05, 3.63) is 35.1 Å². The summed E-state index contributed by atoms with van der Waals surface area (Å²) in [6.45, 7) is 3.09. The molecule has 1 aromatic rings. The predicted octanol–water partition coefficient (Wildman–Crippen LogP) is 1.77. The van der Waals surface area contributed by atoms with Crippen molar-refractivity contribution in [3.63, 3.8) is 0 Å². The smallest absolute Gasteiger partial charge is 0.254 e. The number of hydrogen-bond donors (Lipinski definition) is 0. The lowest BCUT2D eigenvalue weighted by Gasteiger charge is -2.37. The molecule has 0 spiro atoms. The Morgan fingerprint density at radius 1 is 1.26 bits per heavy atom. The van der Waals surface area contributed by atoms with E-state index in [2.05, 4.69) is 0 Å². The van der Waals surface area contributed by atoms with Crippen molar-refractivity contribution >= 4 is 15.9 Å². The third-order valence-corrected chi connectivity index (χ3v) is 6.73. The molecular weight excluding hydrogens is 319 g/mol. The number of amides is 1. The summed E-state index contributed by atoms with van der Waals surface area (Å²) in [7, 11) is -3.18. The normalized spacial score (nSPS) is 24.8. The molecule has 0 bridgehead atoms. The van der Waals surface area contributed by atoms with Gasteiger partial charge in [0, 0.05) is 31.2 Å². The average Bonchev–Trinajstić information content (AvgIpc) is 2.89. The number of nitrogens with zero attached hydrogens (tertiary/aromatic N) is 2. The van der Waals surface area contributed by atoms with Crippen LogP contribution in [0.3, 0.4) is 0 Å². The van der Waals surface area contributed by atoms with Crippen LogP contribution in [0.1, 0.15) is 35.2 Å². The van der Waals surface area contributed by atoms with Gasteiger partial charge in [0.2, 0.25) is 10.0 Å². The van der Waals surface area contributed by atoms with Crippen molar-refractivity contribution < 1.29 is 17.6 Å². The van der Waals surface area contributed by atoms with Gasteiger partial charge in [0.1, 0.15) is 5.82 Å². The largest absolute Gasteiger partial charge is 0.337 e. The maximum Gasteiger partial charge on any atom is 0.254 e. The Morgan fingerprint density at radius 2 is 2.04 bits per heavy atom. The minimum Gasteiger partial charge on any atom is -0.337 e. The van der Waals surface area contributed by atoms with E-state index in [1.807, 2.05) is 0 Å². The monoisotopic (exact) mass is 340 g/mol. The summed E-state index contributed by atoms with van der Waals surface area (Å²) in [6.07, 6.45) is 2.18. The van der Waals surface area contributed by atoms with Crippen molar-refractivity contribution in [2.24, 2.45) is 0 Å². The molecule has 1 aromatic carbocycles. The van der Waals surface area contributed by atoms with E-state index in [0.717, 1.165) is 12.8 Å². The number of carbonyl (C=O) groups is 1. The summed E-state index contributed by atoms with van der Waals surface area (Å²) in [5, 5.41) is 0. The highest BCUT2D eigenvalue weighted by molar-refractivity contribution is 7.89. The number of benzene rings is 1. The fourth-order valence-corrected chi connectivity index (χ4v) is 5.21. The van der Waals surface area contributed by atoms with Gasteiger partial charge >= 0.3 is 0 Å². The standard InChI is InChI=1S/C16H21FN2O3S/c1-12-14(6-2-7-15(12)17)16(20)18-8-3-5-13(11-18)19-9-4-10-23(19,21)22/h2,6-7,13H,3-5,8-11H2,1H3. The highest BCUT2D eigenvalue weighted by Gasteiger charge is 2.37. The van der Waals surface area contributed by atoms with Gasteiger partial charge in [0.25, 0.3) is 5.91 Å². The number of sulfonamides is 1. The van der Waals surface area contributed by atoms with Crippen LogP contribution in [-0.4, -0.2) is 55.0 Å². The summed E-state index contributed by atoms with van der Waals surface area (Å²) in [5.41, 5.74) is 0.698. The Kier molecular flexibility index (Phi) is 4.42. The molecule has 3 rings (SSSR count). The third kappa shape index (κ3) is 3.12. The van der Waals surface area contributed by atoms with Crippen LogP contribution in [0.4, 0.5) is 4.39 Å². The Labute approximate surface area is 136 Å². The van der Waals surface area contributed by atoms with Crippen molar-refractivity contribution in [1.29, 1.82) is 0 Å². The fraction of sp³-hybridized carbons (Fsp3) is 0.562. The van der Waals surface area contributed by atoms with E-state index in [4.69, 9.17) is 0 Å². The summed E-state index contributed by atoms with van der Waals surface area (Å²) in [6, 6.07) is 4.33. The third-order valence-electron chi connectivity index (χ3n) is 4.73. The van der Waals surface area contributed by atoms with Crippen molar-refractivity contribution in [2.75, 3.05) is 25.4 Å². The summed E-state index contributed by atoms with van der Waals surface area (Å²) in [4.78, 5) is 14.3. The van der Waals surface area contributed by atoms with E-state index in [1.165, 1.54) is 12.1 Å². The first-order valence-electron chi connectivity index (χ1n) is 7.94. The quantitative estimate of drug-likeness (QED) is 0.824. The second kappa shape index (κ2) is 6.20. The fourth-order valence-electron chi connectivity index (χ4n) is 3.45. The minimum atomic E-state index is -3.18. The number of halogens is 1. The molecule has 2 fully saturated rings. The highest BCUT2D eigenvalue weighted by Crippen LogP contribution is 2.25. The molecule has 1 atom stereocenters. The first-order chi connectivity index (χ1) is 10.9. The lowest BCUT2D eigenvalue weighted by atomic mass is 10.0. The molecule has 126 valence electrons. The van der Waals surface area contributed by atoms with Gasteiger partial charge in [-0.1, -0.05) is 6.07 Å². The van der Waals surface area contributed by atoms with E-state index in [0.29, 0.717) is 37.2 Å².